The number of benzene rings is 2. The zero-order chi connectivity index (χ0) is 17.4. The molecule has 0 saturated heterocycles. The third-order valence-electron chi connectivity index (χ3n) is 3.29. The first-order valence-electron chi connectivity index (χ1n) is 8.13. The van der Waals surface area contributed by atoms with E-state index in [9.17, 15) is 4.79 Å². The van der Waals surface area contributed by atoms with Gasteiger partial charge in [0.15, 0.2) is 0 Å². The minimum atomic E-state index is 0.0145. The summed E-state index contributed by atoms with van der Waals surface area (Å²) < 4.78 is 0.230. The van der Waals surface area contributed by atoms with Crippen LogP contribution in [0.15, 0.2) is 59.5 Å². The molecule has 2 aromatic carbocycles. The van der Waals surface area contributed by atoms with Gasteiger partial charge in [-0.25, -0.2) is 0 Å². The first kappa shape index (κ1) is 18.9. The standard InChI is InChI=1S/C20H25NOS2/c1-20(2,3)24-14-13-21-19(22)17-11-7-8-12-18(17)23-15-16-9-5-4-6-10-16/h4-12H,13-15H2,1-3H3,(H,21,22). The van der Waals surface area contributed by atoms with Gasteiger partial charge in [-0.15, -0.1) is 11.8 Å². The monoisotopic (exact) mass is 359 g/mol. The number of carbonyl (C=O) groups excluding carboxylic acids is 1. The van der Waals surface area contributed by atoms with Crippen molar-refractivity contribution in [1.82, 2.24) is 5.32 Å². The van der Waals surface area contributed by atoms with Gasteiger partial charge >= 0.3 is 0 Å². The van der Waals surface area contributed by atoms with Crippen LogP contribution in [0, 0.1) is 0 Å². The van der Waals surface area contributed by atoms with Gasteiger partial charge in [0.25, 0.3) is 5.91 Å². The summed E-state index contributed by atoms with van der Waals surface area (Å²) in [4.78, 5) is 13.5. The molecule has 0 aliphatic rings. The van der Waals surface area contributed by atoms with E-state index in [0.29, 0.717) is 6.54 Å². The summed E-state index contributed by atoms with van der Waals surface area (Å²) >= 11 is 3.57. The van der Waals surface area contributed by atoms with E-state index >= 15 is 0 Å². The molecule has 1 amide bonds. The molecule has 0 atom stereocenters. The Kier molecular flexibility index (Phi) is 7.25. The molecule has 2 aromatic rings. The lowest BCUT2D eigenvalue weighted by molar-refractivity contribution is 0.0953. The van der Waals surface area contributed by atoms with Crippen LogP contribution in [0.3, 0.4) is 0 Å². The van der Waals surface area contributed by atoms with Gasteiger partial charge in [-0.3, -0.25) is 4.79 Å². The van der Waals surface area contributed by atoms with Crippen molar-refractivity contribution in [3.63, 3.8) is 0 Å². The van der Waals surface area contributed by atoms with E-state index in [2.05, 4.69) is 38.2 Å². The van der Waals surface area contributed by atoms with E-state index in [-0.39, 0.29) is 10.7 Å². The molecule has 0 spiro atoms. The first-order valence-corrected chi connectivity index (χ1v) is 10.1. The van der Waals surface area contributed by atoms with E-state index in [4.69, 9.17) is 0 Å². The third-order valence-corrected chi connectivity index (χ3v) is 5.71. The minimum absolute atomic E-state index is 0.0145. The van der Waals surface area contributed by atoms with Crippen molar-refractivity contribution < 1.29 is 4.79 Å². The highest BCUT2D eigenvalue weighted by Crippen LogP contribution is 2.26. The Morgan fingerprint density at radius 1 is 1.00 bits per heavy atom. The molecule has 2 nitrogen and oxygen atoms in total. The molecule has 0 aromatic heterocycles. The van der Waals surface area contributed by atoms with Crippen molar-refractivity contribution in [3.05, 3.63) is 65.7 Å². The quantitative estimate of drug-likeness (QED) is 0.541. The van der Waals surface area contributed by atoms with Crippen LogP contribution in [0.1, 0.15) is 36.7 Å². The number of hydrogen-bond donors (Lipinski definition) is 1. The lowest BCUT2D eigenvalue weighted by atomic mass is 10.2. The molecular weight excluding hydrogens is 334 g/mol. The molecule has 24 heavy (non-hydrogen) atoms. The summed E-state index contributed by atoms with van der Waals surface area (Å²) in [6.07, 6.45) is 0. The van der Waals surface area contributed by atoms with Gasteiger partial charge in [0, 0.05) is 27.7 Å². The fourth-order valence-electron chi connectivity index (χ4n) is 2.13. The molecule has 0 saturated carbocycles. The predicted octanol–water partition coefficient (Wildman–Crippen LogP) is 5.24. The summed E-state index contributed by atoms with van der Waals surface area (Å²) in [7, 11) is 0. The van der Waals surface area contributed by atoms with Gasteiger partial charge < -0.3 is 5.32 Å². The summed E-state index contributed by atoms with van der Waals surface area (Å²) in [5.41, 5.74) is 2.03. The second-order valence-corrected chi connectivity index (χ2v) is 9.43. The molecule has 0 aliphatic heterocycles. The topological polar surface area (TPSA) is 29.1 Å². The number of hydrogen-bond acceptors (Lipinski definition) is 3. The number of nitrogens with one attached hydrogen (secondary N) is 1. The maximum absolute atomic E-state index is 12.5. The molecule has 1 N–H and O–H groups in total. The fourth-order valence-corrected chi connectivity index (χ4v) is 3.95. The average Bonchev–Trinajstić information content (AvgIpc) is 2.57. The molecular formula is C20H25NOS2. The highest BCUT2D eigenvalue weighted by molar-refractivity contribution is 8.00. The zero-order valence-corrected chi connectivity index (χ0v) is 16.2. The van der Waals surface area contributed by atoms with E-state index in [0.717, 1.165) is 22.0 Å². The molecule has 4 heteroatoms. The Morgan fingerprint density at radius 3 is 2.38 bits per heavy atom. The SMILES string of the molecule is CC(C)(C)SCCNC(=O)c1ccccc1SCc1ccccc1. The maximum Gasteiger partial charge on any atom is 0.252 e. The first-order chi connectivity index (χ1) is 11.5. The summed E-state index contributed by atoms with van der Waals surface area (Å²) in [6, 6.07) is 18.2. The van der Waals surface area contributed by atoms with E-state index in [1.807, 2.05) is 54.2 Å². The zero-order valence-electron chi connectivity index (χ0n) is 14.5. The summed E-state index contributed by atoms with van der Waals surface area (Å²) in [6.45, 7) is 7.26. The summed E-state index contributed by atoms with van der Waals surface area (Å²) in [5.74, 6) is 1.81. The fraction of sp³-hybridized carbons (Fsp3) is 0.350. The average molecular weight is 360 g/mol. The lowest BCUT2D eigenvalue weighted by Crippen LogP contribution is -2.27. The van der Waals surface area contributed by atoms with Gasteiger partial charge in [-0.05, 0) is 17.7 Å². The Labute approximate surface area is 153 Å². The molecule has 128 valence electrons. The lowest BCUT2D eigenvalue weighted by Gasteiger charge is -2.17. The van der Waals surface area contributed by atoms with Crippen molar-refractivity contribution in [2.24, 2.45) is 0 Å². The van der Waals surface area contributed by atoms with Crippen LogP contribution >= 0.6 is 23.5 Å². The highest BCUT2D eigenvalue weighted by Gasteiger charge is 2.13. The van der Waals surface area contributed by atoms with Crippen LogP contribution in [-0.2, 0) is 5.75 Å². The van der Waals surface area contributed by atoms with Crippen molar-refractivity contribution in [2.75, 3.05) is 12.3 Å². The van der Waals surface area contributed by atoms with Crippen molar-refractivity contribution in [1.29, 1.82) is 0 Å². The Hall–Kier alpha value is -1.39. The van der Waals surface area contributed by atoms with Crippen molar-refractivity contribution in [2.45, 2.75) is 36.2 Å². The van der Waals surface area contributed by atoms with E-state index < -0.39 is 0 Å². The van der Waals surface area contributed by atoms with Crippen molar-refractivity contribution in [3.8, 4) is 0 Å². The van der Waals surface area contributed by atoms with Gasteiger partial charge in [0.1, 0.15) is 0 Å². The van der Waals surface area contributed by atoms with Gasteiger partial charge in [-0.2, -0.15) is 11.8 Å². The second-order valence-electron chi connectivity index (χ2n) is 6.49. The van der Waals surface area contributed by atoms with Gasteiger partial charge in [-0.1, -0.05) is 63.2 Å². The largest absolute Gasteiger partial charge is 0.351 e. The number of carbonyl (C=O) groups is 1. The molecule has 0 heterocycles. The molecule has 0 fully saturated rings. The molecule has 2 rings (SSSR count). The van der Waals surface area contributed by atoms with Crippen molar-refractivity contribution >= 4 is 29.4 Å². The molecule has 0 bridgehead atoms. The third kappa shape index (κ3) is 6.62. The maximum atomic E-state index is 12.5. The number of thioether (sulfide) groups is 2. The van der Waals surface area contributed by atoms with Crippen LogP contribution in [-0.4, -0.2) is 23.0 Å². The Balaban J connectivity index is 1.91. The molecule has 0 aliphatic carbocycles. The minimum Gasteiger partial charge on any atom is -0.351 e. The van der Waals surface area contributed by atoms with Gasteiger partial charge in [0.05, 0.1) is 5.56 Å². The predicted molar refractivity (Wildman–Crippen MR) is 107 cm³/mol. The van der Waals surface area contributed by atoms with E-state index in [1.165, 1.54) is 5.56 Å². The second kappa shape index (κ2) is 9.19. The Morgan fingerprint density at radius 2 is 1.67 bits per heavy atom. The summed E-state index contributed by atoms with van der Waals surface area (Å²) in [5, 5.41) is 3.04. The van der Waals surface area contributed by atoms with Crippen LogP contribution in [0.25, 0.3) is 0 Å². The van der Waals surface area contributed by atoms with Crippen LogP contribution < -0.4 is 5.32 Å². The normalized spacial score (nSPS) is 11.3. The van der Waals surface area contributed by atoms with Gasteiger partial charge in [0.2, 0.25) is 0 Å². The van der Waals surface area contributed by atoms with Crippen LogP contribution in [0.4, 0.5) is 0 Å². The number of rotatable bonds is 7. The highest BCUT2D eigenvalue weighted by atomic mass is 32.2. The molecule has 0 unspecified atom stereocenters. The smallest absolute Gasteiger partial charge is 0.252 e. The van der Waals surface area contributed by atoms with Crippen LogP contribution in [0.2, 0.25) is 0 Å². The molecule has 0 radical (unpaired) electrons. The van der Waals surface area contributed by atoms with E-state index in [1.54, 1.807) is 11.8 Å². The van der Waals surface area contributed by atoms with Crippen LogP contribution in [0.5, 0.6) is 0 Å². The Bertz CT molecular complexity index is 650. The number of amides is 1.